The van der Waals surface area contributed by atoms with E-state index in [9.17, 15) is 15.0 Å². The van der Waals surface area contributed by atoms with Gasteiger partial charge in [-0.1, -0.05) is 13.8 Å². The van der Waals surface area contributed by atoms with Gasteiger partial charge in [-0.25, -0.2) is 9.31 Å². The Morgan fingerprint density at radius 1 is 1.11 bits per heavy atom. The predicted molar refractivity (Wildman–Crippen MR) is 132 cm³/mol. The van der Waals surface area contributed by atoms with Gasteiger partial charge in [0, 0.05) is 18.6 Å². The molecule has 0 amide bonds. The third kappa shape index (κ3) is 5.44. The number of ether oxygens (including phenoxy) is 3. The highest BCUT2D eigenvalue weighted by molar-refractivity contribution is 5.87. The maximum absolute atomic E-state index is 11.9. The average molecular weight is 483 g/mol. The zero-order valence-electron chi connectivity index (χ0n) is 20.9. The first-order valence-electron chi connectivity index (χ1n) is 12.0. The van der Waals surface area contributed by atoms with Crippen molar-refractivity contribution in [2.75, 3.05) is 20.8 Å². The van der Waals surface area contributed by atoms with Gasteiger partial charge in [0.15, 0.2) is 5.69 Å². The summed E-state index contributed by atoms with van der Waals surface area (Å²) in [4.78, 5) is 11.9. The number of fused-ring (bicyclic) bond motifs is 1. The smallest absolute Gasteiger partial charge is 0.354 e. The van der Waals surface area contributed by atoms with E-state index in [1.807, 2.05) is 32.9 Å². The van der Waals surface area contributed by atoms with E-state index >= 15 is 0 Å². The fraction of sp³-hybridized carbons (Fsp3) is 0.481. The van der Waals surface area contributed by atoms with E-state index in [0.29, 0.717) is 41.7 Å². The third-order valence-electron chi connectivity index (χ3n) is 6.42. The molecule has 0 saturated heterocycles. The summed E-state index contributed by atoms with van der Waals surface area (Å²) in [6.07, 6.45) is 0.901. The quantitative estimate of drug-likeness (QED) is 0.413. The van der Waals surface area contributed by atoms with E-state index in [-0.39, 0.29) is 11.6 Å². The highest BCUT2D eigenvalue weighted by Crippen LogP contribution is 2.41. The molecule has 3 aromatic rings. The van der Waals surface area contributed by atoms with Gasteiger partial charge in [0.2, 0.25) is 0 Å². The molecule has 2 aromatic heterocycles. The van der Waals surface area contributed by atoms with Gasteiger partial charge in [-0.2, -0.15) is 5.10 Å². The van der Waals surface area contributed by atoms with Crippen LogP contribution in [0.4, 0.5) is 0 Å². The number of aromatic carboxylic acids is 1. The second kappa shape index (κ2) is 10.3. The summed E-state index contributed by atoms with van der Waals surface area (Å²) in [5.41, 5.74) is 4.02. The molecule has 2 heterocycles. The molecule has 1 aromatic carbocycles. The lowest BCUT2D eigenvalue weighted by Crippen LogP contribution is -2.27. The van der Waals surface area contributed by atoms with Gasteiger partial charge < -0.3 is 24.4 Å². The van der Waals surface area contributed by atoms with Crippen molar-refractivity contribution < 1.29 is 29.2 Å². The van der Waals surface area contributed by atoms with Gasteiger partial charge in [-0.15, -0.1) is 0 Å². The first-order valence-corrected chi connectivity index (χ1v) is 12.0. The number of hydrogen-bond donors (Lipinski definition) is 2. The molecule has 2 atom stereocenters. The summed E-state index contributed by atoms with van der Waals surface area (Å²) in [6.45, 7) is 6.45. The highest BCUT2D eigenvalue weighted by Gasteiger charge is 2.28. The van der Waals surface area contributed by atoms with Crippen LogP contribution in [0.1, 0.15) is 71.6 Å². The van der Waals surface area contributed by atoms with Crippen LogP contribution in [0.2, 0.25) is 0 Å². The first kappa shape index (κ1) is 25.0. The second-order valence-corrected chi connectivity index (χ2v) is 9.69. The zero-order chi connectivity index (χ0) is 25.3. The van der Waals surface area contributed by atoms with E-state index in [2.05, 4.69) is 5.10 Å². The minimum atomic E-state index is -1.02. The van der Waals surface area contributed by atoms with Crippen LogP contribution in [0.3, 0.4) is 0 Å². The van der Waals surface area contributed by atoms with E-state index < -0.39 is 18.2 Å². The molecule has 2 N–H and O–H groups in total. The molecule has 1 fully saturated rings. The molecule has 0 radical (unpaired) electrons. The Morgan fingerprint density at radius 2 is 1.77 bits per heavy atom. The average Bonchev–Trinajstić information content (AvgIpc) is 3.60. The molecule has 0 bridgehead atoms. The molecular formula is C27H34N2O6. The van der Waals surface area contributed by atoms with Crippen molar-refractivity contribution in [3.05, 3.63) is 58.4 Å². The van der Waals surface area contributed by atoms with Crippen LogP contribution in [0.5, 0.6) is 11.5 Å². The van der Waals surface area contributed by atoms with Crippen LogP contribution in [0, 0.1) is 12.8 Å². The van der Waals surface area contributed by atoms with Crippen LogP contribution in [0.25, 0.3) is 5.52 Å². The zero-order valence-corrected chi connectivity index (χ0v) is 20.9. The summed E-state index contributed by atoms with van der Waals surface area (Å²) in [6, 6.07) is 9.20. The number of carboxylic acids is 1. The van der Waals surface area contributed by atoms with Crippen molar-refractivity contribution in [1.82, 2.24) is 9.61 Å². The van der Waals surface area contributed by atoms with E-state index in [1.54, 1.807) is 32.4 Å². The minimum Gasteiger partial charge on any atom is -0.496 e. The van der Waals surface area contributed by atoms with Gasteiger partial charge in [0.1, 0.15) is 17.6 Å². The molecule has 1 aliphatic rings. The number of methoxy groups -OCH3 is 2. The van der Waals surface area contributed by atoms with Crippen molar-refractivity contribution in [2.45, 2.75) is 58.2 Å². The Kier molecular flexibility index (Phi) is 7.33. The van der Waals surface area contributed by atoms with Gasteiger partial charge in [-0.05, 0) is 73.1 Å². The molecular weight excluding hydrogens is 448 g/mol. The normalized spacial score (nSPS) is 15.4. The Labute approximate surface area is 205 Å². The van der Waals surface area contributed by atoms with Crippen molar-refractivity contribution in [3.8, 4) is 11.5 Å². The number of aliphatic hydroxyl groups excluding tert-OH is 1. The molecule has 8 nitrogen and oxygen atoms in total. The summed E-state index contributed by atoms with van der Waals surface area (Å²) in [7, 11) is 3.16. The number of aliphatic hydroxyl groups is 1. The number of carbonyl (C=O) groups is 1. The molecule has 1 aliphatic carbocycles. The standard InChI is InChI=1S/C27H34N2O6/c1-15(2)14-35-25(26(30)19-10-23(33-4)16(3)24(11-19)34-5)13-20-12-21-8-18(17-6-7-17)9-22(27(31)32)29(21)28-20/h8-12,15,17,25-26,30H,6-7,13-14H2,1-5H3,(H,31,32)/t25-,26+/m0/s1. The van der Waals surface area contributed by atoms with Crippen LogP contribution in [-0.4, -0.2) is 52.7 Å². The lowest BCUT2D eigenvalue weighted by molar-refractivity contribution is -0.0477. The van der Waals surface area contributed by atoms with Crippen molar-refractivity contribution in [3.63, 3.8) is 0 Å². The number of rotatable bonds is 11. The number of pyridine rings is 1. The SMILES string of the molecule is COc1cc([C@@H](O)[C@H](Cc2cc3cc(C4CC4)cc(C(=O)O)n3n2)OCC(C)C)cc(OC)c1C. The summed E-state index contributed by atoms with van der Waals surface area (Å²) in [5, 5.41) is 25.7. The van der Waals surface area contributed by atoms with E-state index in [0.717, 1.165) is 29.5 Å². The van der Waals surface area contributed by atoms with Gasteiger partial charge in [0.05, 0.1) is 31.5 Å². The van der Waals surface area contributed by atoms with E-state index in [1.165, 1.54) is 4.52 Å². The number of benzene rings is 1. The number of carboxylic acid groups (broad SMARTS) is 1. The molecule has 188 valence electrons. The highest BCUT2D eigenvalue weighted by atomic mass is 16.5. The maximum atomic E-state index is 11.9. The Morgan fingerprint density at radius 3 is 2.31 bits per heavy atom. The van der Waals surface area contributed by atoms with Gasteiger partial charge in [0.25, 0.3) is 0 Å². The third-order valence-corrected chi connectivity index (χ3v) is 6.42. The topological polar surface area (TPSA) is 103 Å². The van der Waals surface area contributed by atoms with Crippen LogP contribution in [-0.2, 0) is 11.2 Å². The summed E-state index contributed by atoms with van der Waals surface area (Å²) < 4.78 is 18.6. The maximum Gasteiger partial charge on any atom is 0.354 e. The molecule has 0 spiro atoms. The molecule has 4 rings (SSSR count). The largest absolute Gasteiger partial charge is 0.496 e. The van der Waals surface area contributed by atoms with Crippen LogP contribution < -0.4 is 9.47 Å². The second-order valence-electron chi connectivity index (χ2n) is 9.69. The number of hydrogen-bond acceptors (Lipinski definition) is 6. The summed E-state index contributed by atoms with van der Waals surface area (Å²) >= 11 is 0. The monoisotopic (exact) mass is 482 g/mol. The Hall–Kier alpha value is -3.10. The fourth-order valence-corrected chi connectivity index (χ4v) is 4.35. The number of aromatic nitrogens is 2. The minimum absolute atomic E-state index is 0.142. The van der Waals surface area contributed by atoms with Crippen molar-refractivity contribution in [2.24, 2.45) is 5.92 Å². The molecule has 1 saturated carbocycles. The Balaban J connectivity index is 1.68. The number of nitrogens with zero attached hydrogens (tertiary/aromatic N) is 2. The van der Waals surface area contributed by atoms with Gasteiger partial charge in [-0.3, -0.25) is 0 Å². The lowest BCUT2D eigenvalue weighted by Gasteiger charge is -2.25. The fourth-order valence-electron chi connectivity index (χ4n) is 4.35. The predicted octanol–water partition coefficient (Wildman–Crippen LogP) is 4.55. The van der Waals surface area contributed by atoms with E-state index in [4.69, 9.17) is 14.2 Å². The molecule has 8 heteroatoms. The summed E-state index contributed by atoms with van der Waals surface area (Å²) in [5.74, 6) is 0.915. The first-order chi connectivity index (χ1) is 16.7. The molecule has 0 unspecified atom stereocenters. The van der Waals surface area contributed by atoms with Crippen molar-refractivity contribution >= 4 is 11.5 Å². The van der Waals surface area contributed by atoms with Crippen molar-refractivity contribution in [1.29, 1.82) is 0 Å². The van der Waals surface area contributed by atoms with Gasteiger partial charge >= 0.3 is 5.97 Å². The Bertz CT molecular complexity index is 1190. The molecule has 0 aliphatic heterocycles. The molecule has 35 heavy (non-hydrogen) atoms. The van der Waals surface area contributed by atoms with Crippen LogP contribution in [0.15, 0.2) is 30.3 Å². The van der Waals surface area contributed by atoms with Crippen LogP contribution >= 0.6 is 0 Å². The lowest BCUT2D eigenvalue weighted by atomic mass is 9.98.